The number of para-hydroxylation sites is 2. The minimum absolute atomic E-state index is 0.0453. The quantitative estimate of drug-likeness (QED) is 0.480. The van der Waals surface area contributed by atoms with E-state index in [1.54, 1.807) is 30.3 Å². The topological polar surface area (TPSA) is 90.0 Å². The molecule has 7 heteroatoms. The van der Waals surface area contributed by atoms with Crippen molar-refractivity contribution < 1.29 is 28.7 Å². The molecule has 0 radical (unpaired) electrons. The largest absolute Gasteiger partial charge is 0.440 e. The zero-order valence-electron chi connectivity index (χ0n) is 13.2. The molecule has 0 saturated heterocycles. The molecule has 7 nitrogen and oxygen atoms in total. The lowest BCUT2D eigenvalue weighted by atomic mass is 10.1. The van der Waals surface area contributed by atoms with Gasteiger partial charge in [0.25, 0.3) is 5.78 Å². The fourth-order valence-corrected chi connectivity index (χ4v) is 2.46. The second-order valence-corrected chi connectivity index (χ2v) is 5.23. The zero-order valence-corrected chi connectivity index (χ0v) is 13.2. The number of rotatable bonds is 4. The number of carbonyl (C=O) groups is 4. The van der Waals surface area contributed by atoms with Gasteiger partial charge >= 0.3 is 17.8 Å². The van der Waals surface area contributed by atoms with E-state index in [1.165, 1.54) is 25.1 Å². The van der Waals surface area contributed by atoms with E-state index in [-0.39, 0.29) is 16.9 Å². The molecule has 0 saturated carbocycles. The van der Waals surface area contributed by atoms with Gasteiger partial charge in [-0.3, -0.25) is 19.3 Å². The van der Waals surface area contributed by atoms with Gasteiger partial charge in [-0.15, -0.1) is 0 Å². The van der Waals surface area contributed by atoms with Gasteiger partial charge in [0.1, 0.15) is 11.3 Å². The molecule has 0 bridgehead atoms. The Morgan fingerprint density at radius 3 is 2.44 bits per heavy atom. The highest BCUT2D eigenvalue weighted by atomic mass is 16.6. The van der Waals surface area contributed by atoms with Crippen LogP contribution < -0.4 is 9.64 Å². The zero-order chi connectivity index (χ0) is 18.0. The van der Waals surface area contributed by atoms with Crippen LogP contribution in [0, 0.1) is 0 Å². The van der Waals surface area contributed by atoms with Crippen LogP contribution in [0.1, 0.15) is 27.6 Å². The minimum Gasteiger partial charge on any atom is -0.440 e. The van der Waals surface area contributed by atoms with Gasteiger partial charge in [0, 0.05) is 6.92 Å². The van der Waals surface area contributed by atoms with Crippen molar-refractivity contribution in [3.05, 3.63) is 59.7 Å². The first-order valence-electron chi connectivity index (χ1n) is 7.39. The predicted octanol–water partition coefficient (Wildman–Crippen LogP) is 1.96. The third-order valence-corrected chi connectivity index (χ3v) is 3.56. The summed E-state index contributed by atoms with van der Waals surface area (Å²) in [5.74, 6) is -2.70. The summed E-state index contributed by atoms with van der Waals surface area (Å²) in [6.07, 6.45) is 0. The van der Waals surface area contributed by atoms with Crippen molar-refractivity contribution in [2.45, 2.75) is 6.92 Å². The fraction of sp³-hybridized carbons (Fsp3) is 0.111. The Morgan fingerprint density at radius 1 is 1.00 bits per heavy atom. The molecule has 25 heavy (non-hydrogen) atoms. The average molecular weight is 339 g/mol. The smallest absolute Gasteiger partial charge is 0.343 e. The van der Waals surface area contributed by atoms with Gasteiger partial charge in [-0.1, -0.05) is 24.3 Å². The summed E-state index contributed by atoms with van der Waals surface area (Å²) in [5, 5.41) is 0. The van der Waals surface area contributed by atoms with E-state index in [0.717, 1.165) is 4.90 Å². The van der Waals surface area contributed by atoms with Gasteiger partial charge in [0.05, 0.1) is 11.3 Å². The molecule has 3 rings (SSSR count). The van der Waals surface area contributed by atoms with Gasteiger partial charge < -0.3 is 9.47 Å². The van der Waals surface area contributed by atoms with Crippen LogP contribution in [-0.4, -0.2) is 30.4 Å². The Kier molecular flexibility index (Phi) is 4.30. The van der Waals surface area contributed by atoms with Crippen LogP contribution in [-0.2, 0) is 14.3 Å². The first-order valence-corrected chi connectivity index (χ1v) is 7.39. The molecule has 0 atom stereocenters. The summed E-state index contributed by atoms with van der Waals surface area (Å²) < 4.78 is 10.1. The molecule has 1 aliphatic heterocycles. The van der Waals surface area contributed by atoms with E-state index < -0.39 is 30.4 Å². The van der Waals surface area contributed by atoms with Gasteiger partial charge in [0.2, 0.25) is 0 Å². The van der Waals surface area contributed by atoms with Crippen molar-refractivity contribution in [2.24, 2.45) is 0 Å². The highest BCUT2D eigenvalue weighted by Gasteiger charge is 2.36. The summed E-state index contributed by atoms with van der Waals surface area (Å²) in [7, 11) is 0. The van der Waals surface area contributed by atoms with Crippen LogP contribution in [0.15, 0.2) is 48.5 Å². The lowest BCUT2D eigenvalue weighted by Crippen LogP contribution is -2.33. The van der Waals surface area contributed by atoms with Crippen molar-refractivity contribution in [3.63, 3.8) is 0 Å². The first-order chi connectivity index (χ1) is 12.0. The minimum atomic E-state index is -0.776. The lowest BCUT2D eigenvalue weighted by molar-refractivity contribution is -0.131. The Bertz CT molecular complexity index is 889. The third kappa shape index (κ3) is 3.12. The highest BCUT2D eigenvalue weighted by Crippen LogP contribution is 2.28. The monoisotopic (exact) mass is 339 g/mol. The third-order valence-electron chi connectivity index (χ3n) is 3.56. The number of hydrogen-bond donors (Lipinski definition) is 0. The van der Waals surface area contributed by atoms with E-state index >= 15 is 0 Å². The Hall–Kier alpha value is -3.48. The average Bonchev–Trinajstić information content (AvgIpc) is 2.84. The summed E-state index contributed by atoms with van der Waals surface area (Å²) in [6, 6.07) is 12.5. The molecule has 2 aromatic carbocycles. The van der Waals surface area contributed by atoms with E-state index in [0.29, 0.717) is 5.69 Å². The van der Waals surface area contributed by atoms with Crippen LogP contribution in [0.2, 0.25) is 0 Å². The molecule has 0 aromatic heterocycles. The molecule has 0 N–H and O–H groups in total. The Morgan fingerprint density at radius 2 is 1.68 bits per heavy atom. The lowest BCUT2D eigenvalue weighted by Gasteiger charge is -2.16. The number of fused-ring (bicyclic) bond motifs is 1. The normalized spacial score (nSPS) is 12.8. The second kappa shape index (κ2) is 6.56. The molecule has 0 aliphatic carbocycles. The van der Waals surface area contributed by atoms with Gasteiger partial charge in [-0.05, 0) is 24.3 Å². The SMILES string of the molecule is CC(=O)Oc1ccccc1C(=O)OCN1C(=O)C(=O)c2ccccc21. The molecule has 126 valence electrons. The number of hydrogen-bond acceptors (Lipinski definition) is 6. The number of ether oxygens (including phenoxy) is 2. The van der Waals surface area contributed by atoms with Crippen molar-refractivity contribution in [2.75, 3.05) is 11.6 Å². The van der Waals surface area contributed by atoms with Crippen LogP contribution in [0.3, 0.4) is 0 Å². The fourth-order valence-electron chi connectivity index (χ4n) is 2.46. The molecule has 0 fully saturated rings. The number of ketones is 1. The molecule has 2 aromatic rings. The van der Waals surface area contributed by atoms with E-state index in [9.17, 15) is 19.2 Å². The first kappa shape index (κ1) is 16.4. The maximum absolute atomic E-state index is 12.3. The van der Waals surface area contributed by atoms with Gasteiger partial charge in [0.15, 0.2) is 6.73 Å². The van der Waals surface area contributed by atoms with Crippen molar-refractivity contribution in [1.82, 2.24) is 0 Å². The standard InChI is InChI=1S/C18H13NO6/c1-11(20)25-15-9-5-3-7-13(15)18(23)24-10-19-14-8-4-2-6-12(14)16(21)17(19)22/h2-9H,10H2,1H3. The summed E-state index contributed by atoms with van der Waals surface area (Å²) in [6.45, 7) is 0.794. The Labute approximate surface area is 142 Å². The van der Waals surface area contributed by atoms with E-state index in [1.807, 2.05) is 0 Å². The van der Waals surface area contributed by atoms with Crippen LogP contribution in [0.25, 0.3) is 0 Å². The number of benzene rings is 2. The van der Waals surface area contributed by atoms with Gasteiger partial charge in [-0.2, -0.15) is 0 Å². The number of amides is 1. The molecular weight excluding hydrogens is 326 g/mol. The van der Waals surface area contributed by atoms with E-state index in [4.69, 9.17) is 9.47 Å². The number of esters is 2. The summed E-state index contributed by atoms with van der Waals surface area (Å²) in [4.78, 5) is 48.4. The summed E-state index contributed by atoms with van der Waals surface area (Å²) >= 11 is 0. The number of anilines is 1. The van der Waals surface area contributed by atoms with Crippen molar-refractivity contribution in [1.29, 1.82) is 0 Å². The van der Waals surface area contributed by atoms with Gasteiger partial charge in [-0.25, -0.2) is 4.79 Å². The van der Waals surface area contributed by atoms with Crippen LogP contribution in [0.5, 0.6) is 5.75 Å². The summed E-state index contributed by atoms with van der Waals surface area (Å²) in [5.41, 5.74) is 0.700. The highest BCUT2D eigenvalue weighted by molar-refractivity contribution is 6.52. The molecule has 1 heterocycles. The molecule has 1 amide bonds. The van der Waals surface area contributed by atoms with Crippen LogP contribution in [0.4, 0.5) is 5.69 Å². The molecule has 0 unspecified atom stereocenters. The molecule has 0 spiro atoms. The van der Waals surface area contributed by atoms with E-state index in [2.05, 4.69) is 0 Å². The van der Waals surface area contributed by atoms with Crippen molar-refractivity contribution >= 4 is 29.3 Å². The molecular formula is C18H13NO6. The molecule has 1 aliphatic rings. The Balaban J connectivity index is 1.77. The van der Waals surface area contributed by atoms with Crippen molar-refractivity contribution in [3.8, 4) is 5.75 Å². The predicted molar refractivity (Wildman–Crippen MR) is 86.3 cm³/mol. The second-order valence-electron chi connectivity index (χ2n) is 5.23. The number of Topliss-reactive ketones (excluding diaryl/α,β-unsaturated/α-hetero) is 1. The van der Waals surface area contributed by atoms with Crippen LogP contribution >= 0.6 is 0 Å². The maximum atomic E-state index is 12.3. The number of carbonyl (C=O) groups excluding carboxylic acids is 4. The maximum Gasteiger partial charge on any atom is 0.343 e. The number of nitrogens with zero attached hydrogens (tertiary/aromatic N) is 1.